The Bertz CT molecular complexity index is 359. The van der Waals surface area contributed by atoms with Gasteiger partial charge in [0, 0.05) is 13.3 Å². The Morgan fingerprint density at radius 3 is 2.44 bits per heavy atom. The van der Waals surface area contributed by atoms with Gasteiger partial charge in [-0.25, -0.2) is 0 Å². The smallest absolute Gasteiger partial charge is 0.217 e. The van der Waals surface area contributed by atoms with Crippen molar-refractivity contribution in [3.05, 3.63) is 35.9 Å². The highest BCUT2D eigenvalue weighted by molar-refractivity contribution is 5.88. The molecule has 1 atom stereocenters. The van der Waals surface area contributed by atoms with Gasteiger partial charge in [-0.15, -0.1) is 0 Å². The monoisotopic (exact) mass is 219 g/mol. The Morgan fingerprint density at radius 2 is 1.88 bits per heavy atom. The predicted octanol–water partition coefficient (Wildman–Crippen LogP) is 1.71. The summed E-state index contributed by atoms with van der Waals surface area (Å²) in [5.41, 5.74) is 1.14. The molecule has 3 heteroatoms. The van der Waals surface area contributed by atoms with Gasteiger partial charge >= 0.3 is 0 Å². The molecule has 0 bridgehead atoms. The first-order valence-corrected chi connectivity index (χ1v) is 5.43. The molecule has 1 unspecified atom stereocenters. The molecule has 1 aromatic carbocycles. The molecule has 0 fully saturated rings. The zero-order valence-corrected chi connectivity index (χ0v) is 9.69. The fraction of sp³-hybridized carbons (Fsp3) is 0.385. The molecule has 0 saturated carbocycles. The van der Waals surface area contributed by atoms with Crippen molar-refractivity contribution in [1.82, 2.24) is 5.32 Å². The van der Waals surface area contributed by atoms with E-state index in [2.05, 4.69) is 5.32 Å². The first kappa shape index (κ1) is 12.4. The van der Waals surface area contributed by atoms with Crippen LogP contribution < -0.4 is 5.32 Å². The van der Waals surface area contributed by atoms with Crippen molar-refractivity contribution < 1.29 is 9.59 Å². The Kier molecular flexibility index (Phi) is 4.70. The highest BCUT2D eigenvalue weighted by atomic mass is 16.2. The molecule has 0 aromatic heterocycles. The number of Topliss-reactive ketones (excluding diaryl/α,β-unsaturated/α-hetero) is 1. The van der Waals surface area contributed by atoms with E-state index in [1.807, 2.05) is 30.3 Å². The quantitative estimate of drug-likeness (QED) is 0.819. The van der Waals surface area contributed by atoms with E-state index in [4.69, 9.17) is 0 Å². The molecule has 0 aliphatic carbocycles. The zero-order valence-electron chi connectivity index (χ0n) is 9.69. The van der Waals surface area contributed by atoms with Gasteiger partial charge < -0.3 is 5.32 Å². The molecule has 0 aliphatic heterocycles. The minimum absolute atomic E-state index is 0.0686. The Hall–Kier alpha value is -1.64. The van der Waals surface area contributed by atoms with Crippen LogP contribution in [0, 0.1) is 0 Å². The van der Waals surface area contributed by atoms with Gasteiger partial charge in [-0.2, -0.15) is 0 Å². The fourth-order valence-corrected chi connectivity index (χ4v) is 1.51. The lowest BCUT2D eigenvalue weighted by molar-refractivity contribution is -0.126. The van der Waals surface area contributed by atoms with Crippen LogP contribution in [0.3, 0.4) is 0 Å². The molecule has 0 aliphatic rings. The van der Waals surface area contributed by atoms with E-state index in [1.165, 1.54) is 6.92 Å². The second kappa shape index (κ2) is 6.05. The molecule has 1 rings (SSSR count). The van der Waals surface area contributed by atoms with Crippen molar-refractivity contribution in [2.45, 2.75) is 32.7 Å². The van der Waals surface area contributed by atoms with Crippen LogP contribution in [0.15, 0.2) is 30.3 Å². The summed E-state index contributed by atoms with van der Waals surface area (Å²) in [6.45, 7) is 3.13. The number of ketones is 1. The molecule has 1 amide bonds. The minimum Gasteiger partial charge on any atom is -0.347 e. The van der Waals surface area contributed by atoms with Crippen LogP contribution in [0.25, 0.3) is 0 Å². The number of hydrogen-bond acceptors (Lipinski definition) is 2. The summed E-state index contributed by atoms with van der Waals surface area (Å²) in [6.07, 6.45) is 1.19. The Labute approximate surface area is 95.9 Å². The lowest BCUT2D eigenvalue weighted by atomic mass is 10.0. The first-order valence-electron chi connectivity index (χ1n) is 5.43. The van der Waals surface area contributed by atoms with E-state index >= 15 is 0 Å². The van der Waals surface area contributed by atoms with Gasteiger partial charge in [0.05, 0.1) is 6.04 Å². The van der Waals surface area contributed by atoms with Crippen molar-refractivity contribution in [2.75, 3.05) is 0 Å². The SMILES string of the molecule is CC(=O)NC(C)C(=O)CCc1ccccc1. The Balaban J connectivity index is 2.38. The summed E-state index contributed by atoms with van der Waals surface area (Å²) in [5, 5.41) is 2.59. The highest BCUT2D eigenvalue weighted by Gasteiger charge is 2.12. The maximum Gasteiger partial charge on any atom is 0.217 e. The van der Waals surface area contributed by atoms with Crippen LogP contribution in [0.4, 0.5) is 0 Å². The molecule has 3 nitrogen and oxygen atoms in total. The molecular weight excluding hydrogens is 202 g/mol. The largest absolute Gasteiger partial charge is 0.347 e. The van der Waals surface area contributed by atoms with Crippen LogP contribution in [0.5, 0.6) is 0 Å². The van der Waals surface area contributed by atoms with Gasteiger partial charge in [0.25, 0.3) is 0 Å². The third-order valence-electron chi connectivity index (χ3n) is 2.41. The van der Waals surface area contributed by atoms with E-state index < -0.39 is 0 Å². The van der Waals surface area contributed by atoms with Gasteiger partial charge in [-0.05, 0) is 18.9 Å². The normalized spacial score (nSPS) is 11.9. The fourth-order valence-electron chi connectivity index (χ4n) is 1.51. The standard InChI is InChI=1S/C13H17NO2/c1-10(14-11(2)15)13(16)9-8-12-6-4-3-5-7-12/h3-7,10H,8-9H2,1-2H3,(H,14,15). The number of aryl methyl sites for hydroxylation is 1. The number of rotatable bonds is 5. The number of nitrogens with one attached hydrogen (secondary N) is 1. The number of carbonyl (C=O) groups excluding carboxylic acids is 2. The zero-order chi connectivity index (χ0) is 12.0. The molecular formula is C13H17NO2. The van der Waals surface area contributed by atoms with E-state index in [-0.39, 0.29) is 17.7 Å². The van der Waals surface area contributed by atoms with Crippen molar-refractivity contribution >= 4 is 11.7 Å². The molecule has 0 heterocycles. The number of hydrogen-bond donors (Lipinski definition) is 1. The van der Waals surface area contributed by atoms with Gasteiger partial charge in [0.15, 0.2) is 5.78 Å². The molecule has 16 heavy (non-hydrogen) atoms. The van der Waals surface area contributed by atoms with Crippen molar-refractivity contribution in [3.63, 3.8) is 0 Å². The van der Waals surface area contributed by atoms with Gasteiger partial charge in [0.1, 0.15) is 0 Å². The molecule has 0 radical (unpaired) electrons. The highest BCUT2D eigenvalue weighted by Crippen LogP contribution is 2.04. The summed E-state index contributed by atoms with van der Waals surface area (Å²) < 4.78 is 0. The first-order chi connectivity index (χ1) is 7.59. The summed E-state index contributed by atoms with van der Waals surface area (Å²) >= 11 is 0. The molecule has 86 valence electrons. The summed E-state index contributed by atoms with van der Waals surface area (Å²) in [4.78, 5) is 22.4. The van der Waals surface area contributed by atoms with Crippen LogP contribution in [-0.4, -0.2) is 17.7 Å². The third kappa shape index (κ3) is 4.26. The minimum atomic E-state index is -0.388. The van der Waals surface area contributed by atoms with Crippen molar-refractivity contribution in [1.29, 1.82) is 0 Å². The number of carbonyl (C=O) groups is 2. The lowest BCUT2D eigenvalue weighted by Gasteiger charge is -2.10. The van der Waals surface area contributed by atoms with E-state index in [9.17, 15) is 9.59 Å². The number of benzene rings is 1. The van der Waals surface area contributed by atoms with Gasteiger partial charge in [0.2, 0.25) is 5.91 Å². The lowest BCUT2D eigenvalue weighted by Crippen LogP contribution is -2.37. The average Bonchev–Trinajstić information content (AvgIpc) is 2.26. The van der Waals surface area contributed by atoms with Crippen molar-refractivity contribution in [2.24, 2.45) is 0 Å². The van der Waals surface area contributed by atoms with Gasteiger partial charge in [-0.3, -0.25) is 9.59 Å². The third-order valence-corrected chi connectivity index (χ3v) is 2.41. The second-order valence-corrected chi connectivity index (χ2v) is 3.87. The maximum atomic E-state index is 11.6. The topological polar surface area (TPSA) is 46.2 Å². The summed E-state index contributed by atoms with van der Waals surface area (Å²) in [5.74, 6) is -0.0976. The van der Waals surface area contributed by atoms with Gasteiger partial charge in [-0.1, -0.05) is 30.3 Å². The van der Waals surface area contributed by atoms with Crippen LogP contribution in [0.1, 0.15) is 25.8 Å². The summed E-state index contributed by atoms with van der Waals surface area (Å²) in [7, 11) is 0. The second-order valence-electron chi connectivity index (χ2n) is 3.87. The molecule has 1 aromatic rings. The predicted molar refractivity (Wildman–Crippen MR) is 63.0 cm³/mol. The van der Waals surface area contributed by atoms with Crippen LogP contribution >= 0.6 is 0 Å². The molecule has 1 N–H and O–H groups in total. The van der Waals surface area contributed by atoms with E-state index in [1.54, 1.807) is 6.92 Å². The Morgan fingerprint density at radius 1 is 1.25 bits per heavy atom. The van der Waals surface area contributed by atoms with Crippen LogP contribution in [0.2, 0.25) is 0 Å². The van der Waals surface area contributed by atoms with Crippen LogP contribution in [-0.2, 0) is 16.0 Å². The molecule has 0 saturated heterocycles. The molecule has 0 spiro atoms. The summed E-state index contributed by atoms with van der Waals surface area (Å²) in [6, 6.07) is 9.47. The maximum absolute atomic E-state index is 11.6. The number of amides is 1. The van der Waals surface area contributed by atoms with E-state index in [0.717, 1.165) is 12.0 Å². The average molecular weight is 219 g/mol. The van der Waals surface area contributed by atoms with E-state index in [0.29, 0.717) is 6.42 Å². The van der Waals surface area contributed by atoms with Crippen molar-refractivity contribution in [3.8, 4) is 0 Å².